The molecule has 0 radical (unpaired) electrons. The molecule has 3 N–H and O–H groups in total. The average Bonchev–Trinajstić information content (AvgIpc) is 3.43. The molecule has 0 heterocycles. The number of nitrogens with one attached hydrogen (secondary N) is 1. The van der Waals surface area contributed by atoms with E-state index in [1.165, 1.54) is 302 Å². The van der Waals surface area contributed by atoms with Gasteiger partial charge in [-0.3, -0.25) is 9.59 Å². The molecule has 6 nitrogen and oxygen atoms in total. The third-order valence-electron chi connectivity index (χ3n) is 16.2. The monoisotopic (exact) mass is 1080 g/mol. The van der Waals surface area contributed by atoms with Crippen LogP contribution in [0.5, 0.6) is 0 Å². The fourth-order valence-corrected chi connectivity index (χ4v) is 10.8. The number of hydrogen-bond donors (Lipinski definition) is 3. The van der Waals surface area contributed by atoms with Gasteiger partial charge in [0.1, 0.15) is 0 Å². The Balaban J connectivity index is 3.37. The summed E-state index contributed by atoms with van der Waals surface area (Å²) in [5.74, 6) is -0.0536. The molecule has 6 heteroatoms. The molecule has 454 valence electrons. The molecule has 77 heavy (non-hydrogen) atoms. The molecule has 2 atom stereocenters. The summed E-state index contributed by atoms with van der Waals surface area (Å²) in [6.45, 7) is 4.91. The van der Waals surface area contributed by atoms with Crippen LogP contribution in [-0.4, -0.2) is 47.4 Å². The lowest BCUT2D eigenvalue weighted by Crippen LogP contribution is -2.45. The SMILES string of the molecule is CCCCC/C=C\C/C=C\CCCCCCCCCC(=O)OCCCCCCCCCCCCCCCCCCCCCCCCCCCCC(=O)NC(CO)C(O)/C=C/CCCCCCCCCCCCCCCCC. The minimum absolute atomic E-state index is 0.00948. The van der Waals surface area contributed by atoms with Gasteiger partial charge in [-0.15, -0.1) is 0 Å². The predicted octanol–water partition coefficient (Wildman–Crippen LogP) is 22.3. The summed E-state index contributed by atoms with van der Waals surface area (Å²) in [5, 5.41) is 23.2. The van der Waals surface area contributed by atoms with E-state index >= 15 is 0 Å². The lowest BCUT2D eigenvalue weighted by Gasteiger charge is -2.20. The van der Waals surface area contributed by atoms with Gasteiger partial charge in [0.25, 0.3) is 0 Å². The molecule has 0 fully saturated rings. The summed E-state index contributed by atoms with van der Waals surface area (Å²) in [5.41, 5.74) is 0. The van der Waals surface area contributed by atoms with Gasteiger partial charge in [-0.2, -0.15) is 0 Å². The lowest BCUT2D eigenvalue weighted by atomic mass is 10.0. The summed E-state index contributed by atoms with van der Waals surface area (Å²) < 4.78 is 5.50. The maximum Gasteiger partial charge on any atom is 0.305 e. The van der Waals surface area contributed by atoms with Gasteiger partial charge in [-0.25, -0.2) is 0 Å². The van der Waals surface area contributed by atoms with Gasteiger partial charge in [0.2, 0.25) is 5.91 Å². The second kappa shape index (κ2) is 66.6. The number of ether oxygens (including phenoxy) is 1. The van der Waals surface area contributed by atoms with E-state index in [9.17, 15) is 19.8 Å². The van der Waals surface area contributed by atoms with E-state index < -0.39 is 12.1 Å². The standard InChI is InChI=1S/C71H135NO5/c1-3-5-7-9-11-13-15-17-19-31-35-39-43-47-51-55-59-63-69(74)68(67-73)72-70(75)64-60-56-52-48-44-40-36-33-29-27-25-23-21-22-24-26-28-30-34-38-42-46-50-54-58-62-66-77-71(76)65-61-57-53-49-45-41-37-32-20-18-16-14-12-10-8-6-4-2/h12,14,18,20,59,63,68-69,73-74H,3-11,13,15-17,19,21-58,60-62,64-67H2,1-2H3,(H,72,75)/b14-12-,20-18-,63-59+. The quantitative estimate of drug-likeness (QED) is 0.0320. The van der Waals surface area contributed by atoms with Gasteiger partial charge in [-0.05, 0) is 64.2 Å². The van der Waals surface area contributed by atoms with Gasteiger partial charge in [0, 0.05) is 12.8 Å². The van der Waals surface area contributed by atoms with Crippen LogP contribution in [0.15, 0.2) is 36.5 Å². The molecule has 0 saturated heterocycles. The molecule has 0 aromatic carbocycles. The fourth-order valence-electron chi connectivity index (χ4n) is 10.8. The van der Waals surface area contributed by atoms with Crippen molar-refractivity contribution in [3.8, 4) is 0 Å². The zero-order valence-electron chi connectivity index (χ0n) is 52.0. The summed E-state index contributed by atoms with van der Waals surface area (Å²) >= 11 is 0. The predicted molar refractivity (Wildman–Crippen MR) is 338 cm³/mol. The molecule has 0 aromatic rings. The van der Waals surface area contributed by atoms with Crippen LogP contribution in [0.3, 0.4) is 0 Å². The fraction of sp³-hybridized carbons (Fsp3) is 0.887. The minimum Gasteiger partial charge on any atom is -0.466 e. The van der Waals surface area contributed by atoms with Crippen LogP contribution < -0.4 is 5.32 Å². The third kappa shape index (κ3) is 63.1. The number of rotatable bonds is 65. The number of allylic oxidation sites excluding steroid dienone is 5. The summed E-state index contributed by atoms with van der Waals surface area (Å²) in [4.78, 5) is 24.6. The first-order chi connectivity index (χ1) is 38.0. The average molecular weight is 1080 g/mol. The molecule has 0 aliphatic heterocycles. The van der Waals surface area contributed by atoms with Gasteiger partial charge in [0.15, 0.2) is 0 Å². The minimum atomic E-state index is -0.843. The third-order valence-corrected chi connectivity index (χ3v) is 16.2. The largest absolute Gasteiger partial charge is 0.466 e. The molecule has 0 bridgehead atoms. The van der Waals surface area contributed by atoms with Crippen molar-refractivity contribution in [1.82, 2.24) is 5.32 Å². The molecule has 0 aromatic heterocycles. The second-order valence-electron chi connectivity index (χ2n) is 23.9. The highest BCUT2D eigenvalue weighted by atomic mass is 16.5. The van der Waals surface area contributed by atoms with E-state index in [1.54, 1.807) is 6.08 Å². The van der Waals surface area contributed by atoms with E-state index in [-0.39, 0.29) is 18.5 Å². The topological polar surface area (TPSA) is 95.9 Å². The molecule has 2 unspecified atom stereocenters. The number of aliphatic hydroxyl groups is 2. The Morgan fingerprint density at radius 2 is 0.649 bits per heavy atom. The lowest BCUT2D eigenvalue weighted by molar-refractivity contribution is -0.143. The molecule has 0 saturated carbocycles. The van der Waals surface area contributed by atoms with Crippen molar-refractivity contribution in [3.05, 3.63) is 36.5 Å². The Kier molecular flexibility index (Phi) is 64.9. The first-order valence-electron chi connectivity index (χ1n) is 34.8. The zero-order valence-corrected chi connectivity index (χ0v) is 52.0. The first kappa shape index (κ1) is 75.1. The Morgan fingerprint density at radius 1 is 0.364 bits per heavy atom. The molecular weight excluding hydrogens is 947 g/mol. The highest BCUT2D eigenvalue weighted by Gasteiger charge is 2.18. The summed E-state index contributed by atoms with van der Waals surface area (Å²) in [7, 11) is 0. The molecule has 0 aliphatic carbocycles. The Bertz CT molecular complexity index is 1250. The molecule has 0 rings (SSSR count). The van der Waals surface area contributed by atoms with Crippen LogP contribution >= 0.6 is 0 Å². The van der Waals surface area contributed by atoms with Gasteiger partial charge >= 0.3 is 5.97 Å². The second-order valence-corrected chi connectivity index (χ2v) is 23.9. The number of esters is 1. The van der Waals surface area contributed by atoms with Crippen LogP contribution in [0.25, 0.3) is 0 Å². The van der Waals surface area contributed by atoms with Crippen LogP contribution in [0.4, 0.5) is 0 Å². The molecule has 0 spiro atoms. The zero-order chi connectivity index (χ0) is 55.7. The van der Waals surface area contributed by atoms with Gasteiger partial charge in [0.05, 0.1) is 25.4 Å². The molecule has 0 aliphatic rings. The van der Waals surface area contributed by atoms with Crippen molar-refractivity contribution in [1.29, 1.82) is 0 Å². The van der Waals surface area contributed by atoms with Crippen molar-refractivity contribution in [3.63, 3.8) is 0 Å². The van der Waals surface area contributed by atoms with Crippen molar-refractivity contribution in [2.75, 3.05) is 13.2 Å². The number of carbonyl (C=O) groups is 2. The van der Waals surface area contributed by atoms with Crippen LogP contribution in [-0.2, 0) is 14.3 Å². The van der Waals surface area contributed by atoms with Crippen molar-refractivity contribution < 1.29 is 24.5 Å². The summed E-state index contributed by atoms with van der Waals surface area (Å²) in [6, 6.07) is -0.627. The summed E-state index contributed by atoms with van der Waals surface area (Å²) in [6.07, 6.45) is 85.0. The van der Waals surface area contributed by atoms with Crippen molar-refractivity contribution >= 4 is 11.9 Å². The molecule has 1 amide bonds. The smallest absolute Gasteiger partial charge is 0.305 e. The van der Waals surface area contributed by atoms with Gasteiger partial charge < -0.3 is 20.3 Å². The highest BCUT2D eigenvalue weighted by molar-refractivity contribution is 5.76. The normalized spacial score (nSPS) is 12.7. The van der Waals surface area contributed by atoms with Gasteiger partial charge in [-0.1, -0.05) is 339 Å². The van der Waals surface area contributed by atoms with E-state index in [2.05, 4.69) is 43.5 Å². The van der Waals surface area contributed by atoms with Crippen LogP contribution in [0, 0.1) is 0 Å². The van der Waals surface area contributed by atoms with E-state index in [0.29, 0.717) is 19.4 Å². The van der Waals surface area contributed by atoms with E-state index in [0.717, 1.165) is 51.4 Å². The first-order valence-corrected chi connectivity index (χ1v) is 34.8. The number of unbranched alkanes of at least 4 members (excludes halogenated alkanes) is 50. The number of carbonyl (C=O) groups excluding carboxylic acids is 2. The van der Waals surface area contributed by atoms with Crippen molar-refractivity contribution in [2.24, 2.45) is 0 Å². The van der Waals surface area contributed by atoms with Crippen molar-refractivity contribution in [2.45, 2.75) is 392 Å². The van der Waals surface area contributed by atoms with Crippen LogP contribution in [0.2, 0.25) is 0 Å². The number of aliphatic hydroxyl groups excluding tert-OH is 2. The Hall–Kier alpha value is -1.92. The van der Waals surface area contributed by atoms with E-state index in [4.69, 9.17) is 4.74 Å². The number of hydrogen-bond acceptors (Lipinski definition) is 5. The highest BCUT2D eigenvalue weighted by Crippen LogP contribution is 2.18. The maximum atomic E-state index is 12.5. The van der Waals surface area contributed by atoms with Crippen LogP contribution in [0.1, 0.15) is 380 Å². The molecular formula is C71H135NO5. The van der Waals surface area contributed by atoms with E-state index in [1.807, 2.05) is 6.08 Å². The maximum absolute atomic E-state index is 12.5. The Morgan fingerprint density at radius 3 is 1.01 bits per heavy atom. The Labute approximate surface area is 481 Å². The number of amides is 1.